The normalized spacial score (nSPS) is 15.6. The van der Waals surface area contributed by atoms with Crippen molar-refractivity contribution in [2.24, 2.45) is 0 Å². The Balaban J connectivity index is 1.44. The van der Waals surface area contributed by atoms with Gasteiger partial charge in [0.2, 0.25) is 0 Å². The number of hydrogen-bond acceptors (Lipinski definition) is 4. The molecule has 0 amide bonds. The molecule has 27 heavy (non-hydrogen) atoms. The maximum Gasteiger partial charge on any atom is 0.256 e. The first kappa shape index (κ1) is 17.7. The average molecular weight is 372 g/mol. The third-order valence-electron chi connectivity index (χ3n) is 4.91. The van der Waals surface area contributed by atoms with E-state index in [9.17, 15) is 8.78 Å². The largest absolute Gasteiger partial charge is 0.490 e. The fourth-order valence-electron chi connectivity index (χ4n) is 3.59. The van der Waals surface area contributed by atoms with Crippen LogP contribution < -0.4 is 9.64 Å². The van der Waals surface area contributed by atoms with E-state index in [1.807, 2.05) is 31.2 Å². The highest BCUT2D eigenvalue weighted by Gasteiger charge is 2.22. The molecule has 0 aliphatic carbocycles. The predicted octanol–water partition coefficient (Wildman–Crippen LogP) is 4.05. The minimum atomic E-state index is -2.38. The number of piperidine rings is 1. The lowest BCUT2D eigenvalue weighted by molar-refractivity contribution is 0.128. The monoisotopic (exact) mass is 372 g/mol. The van der Waals surface area contributed by atoms with Crippen LogP contribution >= 0.6 is 0 Å². The van der Waals surface area contributed by atoms with Crippen molar-refractivity contribution in [3.05, 3.63) is 48.5 Å². The first-order chi connectivity index (χ1) is 13.1. The zero-order chi connectivity index (χ0) is 18.8. The van der Waals surface area contributed by atoms with Crippen LogP contribution in [0.25, 0.3) is 10.9 Å². The standard InChI is InChI=1S/C20H22F2N4O/c1-14-11-23-12-20(24-14)25-8-5-15(6-9-25)27-18-4-2-3-17-16(18)7-10-26(17)13-19(21)22/h2-4,7,10-12,15,19H,5-6,8-9,13H2,1H3. The van der Waals surface area contributed by atoms with E-state index in [4.69, 9.17) is 4.74 Å². The Morgan fingerprint density at radius 1 is 1.19 bits per heavy atom. The van der Waals surface area contributed by atoms with Gasteiger partial charge in [0.1, 0.15) is 17.7 Å². The fraction of sp³-hybridized carbons (Fsp3) is 0.400. The summed E-state index contributed by atoms with van der Waals surface area (Å²) in [6.07, 6.45) is 4.72. The fourth-order valence-corrected chi connectivity index (χ4v) is 3.59. The summed E-state index contributed by atoms with van der Waals surface area (Å²) in [5.41, 5.74) is 1.69. The summed E-state index contributed by atoms with van der Waals surface area (Å²) in [5.74, 6) is 1.66. The van der Waals surface area contributed by atoms with Gasteiger partial charge in [0.05, 0.1) is 24.0 Å². The Morgan fingerprint density at radius 2 is 2.00 bits per heavy atom. The molecule has 1 fully saturated rings. The van der Waals surface area contributed by atoms with Crippen LogP contribution in [0.3, 0.4) is 0 Å². The van der Waals surface area contributed by atoms with Gasteiger partial charge in [0.15, 0.2) is 0 Å². The number of hydrogen-bond donors (Lipinski definition) is 0. The predicted molar refractivity (Wildman–Crippen MR) is 101 cm³/mol. The highest BCUT2D eigenvalue weighted by Crippen LogP contribution is 2.30. The number of rotatable bonds is 5. The number of nitrogens with zero attached hydrogens (tertiary/aromatic N) is 4. The van der Waals surface area contributed by atoms with E-state index >= 15 is 0 Å². The Hall–Kier alpha value is -2.70. The minimum Gasteiger partial charge on any atom is -0.490 e. The van der Waals surface area contributed by atoms with Crippen LogP contribution in [0.4, 0.5) is 14.6 Å². The second-order valence-corrected chi connectivity index (χ2v) is 6.87. The lowest BCUT2D eigenvalue weighted by atomic mass is 10.1. The molecular weight excluding hydrogens is 350 g/mol. The highest BCUT2D eigenvalue weighted by atomic mass is 19.3. The van der Waals surface area contributed by atoms with E-state index in [1.54, 1.807) is 23.2 Å². The van der Waals surface area contributed by atoms with Gasteiger partial charge in [0.25, 0.3) is 6.43 Å². The SMILES string of the molecule is Cc1cncc(N2CCC(Oc3cccc4c3ccn4CC(F)F)CC2)n1. The lowest BCUT2D eigenvalue weighted by Crippen LogP contribution is -2.38. The molecule has 1 saturated heterocycles. The second kappa shape index (κ2) is 7.50. The van der Waals surface area contributed by atoms with Crippen molar-refractivity contribution in [1.82, 2.24) is 14.5 Å². The van der Waals surface area contributed by atoms with Gasteiger partial charge in [-0.1, -0.05) is 6.07 Å². The Kier molecular flexibility index (Phi) is 4.92. The molecule has 4 rings (SSSR count). The summed E-state index contributed by atoms with van der Waals surface area (Å²) in [6, 6.07) is 7.47. The average Bonchev–Trinajstić information content (AvgIpc) is 3.06. The molecule has 1 aliphatic rings. The van der Waals surface area contributed by atoms with Gasteiger partial charge in [-0.25, -0.2) is 13.8 Å². The van der Waals surface area contributed by atoms with Crippen LogP contribution in [-0.2, 0) is 6.54 Å². The van der Waals surface area contributed by atoms with Crippen LogP contribution in [0.1, 0.15) is 18.5 Å². The third-order valence-corrected chi connectivity index (χ3v) is 4.91. The summed E-state index contributed by atoms with van der Waals surface area (Å²) < 4.78 is 33.3. The summed E-state index contributed by atoms with van der Waals surface area (Å²) in [4.78, 5) is 11.0. The topological polar surface area (TPSA) is 43.2 Å². The van der Waals surface area contributed by atoms with Gasteiger partial charge < -0.3 is 14.2 Å². The number of aromatic nitrogens is 3. The van der Waals surface area contributed by atoms with Crippen molar-refractivity contribution in [1.29, 1.82) is 0 Å². The van der Waals surface area contributed by atoms with Crippen molar-refractivity contribution in [2.75, 3.05) is 18.0 Å². The molecule has 2 aromatic heterocycles. The number of fused-ring (bicyclic) bond motifs is 1. The van der Waals surface area contributed by atoms with Gasteiger partial charge in [-0.05, 0) is 25.1 Å². The first-order valence-electron chi connectivity index (χ1n) is 9.16. The van der Waals surface area contributed by atoms with Crippen LogP contribution in [0.5, 0.6) is 5.75 Å². The van der Waals surface area contributed by atoms with Gasteiger partial charge in [-0.2, -0.15) is 0 Å². The van der Waals surface area contributed by atoms with Crippen molar-refractivity contribution in [3.63, 3.8) is 0 Å². The molecule has 0 bridgehead atoms. The van der Waals surface area contributed by atoms with E-state index < -0.39 is 6.43 Å². The number of halogens is 2. The molecule has 0 saturated carbocycles. The maximum absolute atomic E-state index is 12.7. The molecule has 0 atom stereocenters. The first-order valence-corrected chi connectivity index (χ1v) is 9.16. The van der Waals surface area contributed by atoms with E-state index in [0.29, 0.717) is 0 Å². The molecule has 0 N–H and O–H groups in total. The molecule has 0 spiro atoms. The minimum absolute atomic E-state index is 0.100. The molecule has 0 radical (unpaired) electrons. The van der Waals surface area contributed by atoms with Gasteiger partial charge in [-0.15, -0.1) is 0 Å². The van der Waals surface area contributed by atoms with Gasteiger partial charge >= 0.3 is 0 Å². The van der Waals surface area contributed by atoms with Crippen LogP contribution in [0.15, 0.2) is 42.9 Å². The molecular formula is C20H22F2N4O. The number of ether oxygens (including phenoxy) is 1. The summed E-state index contributed by atoms with van der Waals surface area (Å²) in [7, 11) is 0. The molecule has 1 aliphatic heterocycles. The lowest BCUT2D eigenvalue weighted by Gasteiger charge is -2.33. The highest BCUT2D eigenvalue weighted by molar-refractivity contribution is 5.86. The Labute approximate surface area is 156 Å². The second-order valence-electron chi connectivity index (χ2n) is 6.87. The van der Waals surface area contributed by atoms with Gasteiger partial charge in [-0.3, -0.25) is 4.98 Å². The molecule has 5 nitrogen and oxygen atoms in total. The van der Waals surface area contributed by atoms with E-state index in [2.05, 4.69) is 14.9 Å². The summed E-state index contributed by atoms with van der Waals surface area (Å²) >= 11 is 0. The van der Waals surface area contributed by atoms with Crippen LogP contribution in [0.2, 0.25) is 0 Å². The number of benzene rings is 1. The number of anilines is 1. The van der Waals surface area contributed by atoms with Crippen LogP contribution in [0, 0.1) is 6.92 Å². The Morgan fingerprint density at radius 3 is 2.74 bits per heavy atom. The number of aryl methyl sites for hydroxylation is 1. The van der Waals surface area contributed by atoms with E-state index in [0.717, 1.165) is 54.1 Å². The van der Waals surface area contributed by atoms with E-state index in [-0.39, 0.29) is 12.6 Å². The third kappa shape index (κ3) is 3.86. The van der Waals surface area contributed by atoms with Crippen molar-refractivity contribution < 1.29 is 13.5 Å². The quantitative estimate of drug-likeness (QED) is 0.678. The zero-order valence-electron chi connectivity index (χ0n) is 15.2. The molecule has 1 aromatic carbocycles. The molecule has 3 heterocycles. The Bertz CT molecular complexity index is 919. The summed E-state index contributed by atoms with van der Waals surface area (Å²) in [5, 5.41) is 0.880. The van der Waals surface area contributed by atoms with E-state index in [1.165, 1.54) is 0 Å². The van der Waals surface area contributed by atoms with Crippen LogP contribution in [-0.4, -0.2) is 40.2 Å². The zero-order valence-corrected chi connectivity index (χ0v) is 15.2. The molecule has 3 aromatic rings. The summed E-state index contributed by atoms with van der Waals surface area (Å²) in [6.45, 7) is 3.34. The number of alkyl halides is 2. The molecule has 142 valence electrons. The van der Waals surface area contributed by atoms with Crippen molar-refractivity contribution in [2.45, 2.75) is 38.8 Å². The smallest absolute Gasteiger partial charge is 0.256 e. The van der Waals surface area contributed by atoms with Crippen molar-refractivity contribution >= 4 is 16.7 Å². The molecule has 0 unspecified atom stereocenters. The van der Waals surface area contributed by atoms with Crippen molar-refractivity contribution in [3.8, 4) is 5.75 Å². The molecule has 7 heteroatoms. The maximum atomic E-state index is 12.7. The van der Waals surface area contributed by atoms with Gasteiger partial charge in [0, 0.05) is 43.7 Å².